The van der Waals surface area contributed by atoms with Gasteiger partial charge < -0.3 is 9.84 Å². The van der Waals surface area contributed by atoms with E-state index in [4.69, 9.17) is 8.85 Å². The van der Waals surface area contributed by atoms with Crippen LogP contribution in [0.2, 0.25) is 0 Å². The van der Waals surface area contributed by atoms with Gasteiger partial charge in [-0.3, -0.25) is 0 Å². The molecule has 0 bridgehead atoms. The van der Waals surface area contributed by atoms with Gasteiger partial charge >= 0.3 is 0 Å². The Bertz CT molecular complexity index is 227. The Morgan fingerprint density at radius 3 is 2.78 bits per heavy atom. The zero-order valence-electron chi connectivity index (χ0n) is 8.35. The van der Waals surface area contributed by atoms with Crippen molar-refractivity contribution in [1.29, 1.82) is 0 Å². The zero-order valence-corrected chi connectivity index (χ0v) is 5.35. The van der Waals surface area contributed by atoms with E-state index in [1.807, 2.05) is 6.92 Å². The second-order valence-electron chi connectivity index (χ2n) is 3.23. The number of fused-ring (bicyclic) bond motifs is 1. The summed E-state index contributed by atoms with van der Waals surface area (Å²) in [4.78, 5) is 0. The van der Waals surface area contributed by atoms with Gasteiger partial charge in [-0.05, 0) is 26.6 Å². The maximum atomic E-state index is 9.82. The van der Waals surface area contributed by atoms with Crippen molar-refractivity contribution in [2.24, 2.45) is 0 Å². The first-order chi connectivity index (χ1) is 5.30. The number of ether oxygens (including phenoxy) is 1. The normalized spacial score (nSPS) is 70.0. The molecule has 0 aromatic heterocycles. The van der Waals surface area contributed by atoms with Gasteiger partial charge in [0, 0.05) is 4.11 Å². The molecule has 1 aliphatic heterocycles. The maximum Gasteiger partial charge on any atom is 0.115 e. The molecule has 0 spiro atoms. The van der Waals surface area contributed by atoms with E-state index in [1.54, 1.807) is 0 Å². The zero-order chi connectivity index (χ0) is 9.20. The second kappa shape index (κ2) is 1.18. The van der Waals surface area contributed by atoms with E-state index in [1.165, 1.54) is 0 Å². The monoisotopic (exact) mass is 131 g/mol. The van der Waals surface area contributed by atoms with Crippen LogP contribution in [0.5, 0.6) is 0 Å². The topological polar surface area (TPSA) is 32.8 Å². The highest BCUT2D eigenvalue weighted by atomic mass is 16.6. The highest BCUT2D eigenvalue weighted by molar-refractivity contribution is 5.14. The van der Waals surface area contributed by atoms with Crippen LogP contribution in [0.4, 0.5) is 0 Å². The van der Waals surface area contributed by atoms with Crippen molar-refractivity contribution >= 4 is 0 Å². The largest absolute Gasteiger partial charge is 0.387 e. The van der Waals surface area contributed by atoms with Crippen LogP contribution in [0.25, 0.3) is 0 Å². The molecule has 2 fully saturated rings. The lowest BCUT2D eigenvalue weighted by Crippen LogP contribution is -2.27. The second-order valence-corrected chi connectivity index (χ2v) is 3.23. The standard InChI is InChI=1S/C7H12O2/c1-6(8)3-4-7(2)5(6)9-7/h5,8H,3-4H2,1-2H3/t5-,6-,7+/m1/s1/i1D3. The van der Waals surface area contributed by atoms with Gasteiger partial charge in [0.25, 0.3) is 0 Å². The molecule has 2 aliphatic rings. The molecule has 0 unspecified atom stereocenters. The van der Waals surface area contributed by atoms with Crippen LogP contribution in [0.1, 0.15) is 30.7 Å². The maximum absolute atomic E-state index is 9.82. The molecule has 0 aromatic rings. The molecule has 0 aromatic carbocycles. The van der Waals surface area contributed by atoms with Gasteiger partial charge in [0.1, 0.15) is 6.10 Å². The fourth-order valence-corrected chi connectivity index (χ4v) is 1.60. The SMILES string of the molecule is [2H]C([2H])([2H])[C@@]1(O)CC[C@]2(C)O[C@H]12. The van der Waals surface area contributed by atoms with Crippen molar-refractivity contribution in [2.45, 2.75) is 43.9 Å². The Morgan fingerprint density at radius 2 is 2.56 bits per heavy atom. The van der Waals surface area contributed by atoms with Gasteiger partial charge in [0.2, 0.25) is 0 Å². The first-order valence-corrected chi connectivity index (χ1v) is 3.20. The predicted molar refractivity (Wildman–Crippen MR) is 33.1 cm³/mol. The van der Waals surface area contributed by atoms with Crippen LogP contribution in [-0.2, 0) is 4.74 Å². The highest BCUT2D eigenvalue weighted by Gasteiger charge is 2.65. The summed E-state index contributed by atoms with van der Waals surface area (Å²) in [5, 5.41) is 9.82. The Kier molecular flexibility index (Phi) is 0.440. The number of hydrogen-bond donors (Lipinski definition) is 1. The lowest BCUT2D eigenvalue weighted by atomic mass is 10.0. The van der Waals surface area contributed by atoms with E-state index in [9.17, 15) is 5.11 Å². The fourth-order valence-electron chi connectivity index (χ4n) is 1.60. The summed E-state index contributed by atoms with van der Waals surface area (Å²) in [6, 6.07) is 0. The van der Waals surface area contributed by atoms with E-state index in [2.05, 4.69) is 0 Å². The van der Waals surface area contributed by atoms with E-state index < -0.39 is 18.6 Å². The molecule has 2 nitrogen and oxygen atoms in total. The number of hydrogen-bond acceptors (Lipinski definition) is 2. The van der Waals surface area contributed by atoms with Crippen molar-refractivity contribution < 1.29 is 14.0 Å². The van der Waals surface area contributed by atoms with Crippen molar-refractivity contribution in [2.75, 3.05) is 0 Å². The van der Waals surface area contributed by atoms with Crippen LogP contribution in [0.15, 0.2) is 0 Å². The summed E-state index contributed by atoms with van der Waals surface area (Å²) in [6.45, 7) is -0.465. The van der Waals surface area contributed by atoms with Gasteiger partial charge in [0.15, 0.2) is 0 Å². The molecule has 3 atom stereocenters. The van der Waals surface area contributed by atoms with E-state index in [0.29, 0.717) is 12.8 Å². The van der Waals surface area contributed by atoms with Crippen LogP contribution >= 0.6 is 0 Å². The molecule has 2 heteroatoms. The summed E-state index contributed by atoms with van der Waals surface area (Å²) < 4.78 is 26.7. The molecule has 1 heterocycles. The van der Waals surface area contributed by atoms with Gasteiger partial charge in [-0.2, -0.15) is 0 Å². The number of epoxide rings is 1. The minimum absolute atomic E-state index is 0.324. The number of aliphatic hydroxyl groups is 1. The van der Waals surface area contributed by atoms with Gasteiger partial charge in [-0.25, -0.2) is 0 Å². The Hall–Kier alpha value is -0.0800. The fraction of sp³-hybridized carbons (Fsp3) is 1.00. The van der Waals surface area contributed by atoms with Crippen LogP contribution in [-0.4, -0.2) is 22.4 Å². The average Bonchev–Trinajstić information content (AvgIpc) is 2.50. The molecule has 1 N–H and O–H groups in total. The van der Waals surface area contributed by atoms with Gasteiger partial charge in [-0.1, -0.05) is 0 Å². The van der Waals surface area contributed by atoms with E-state index >= 15 is 0 Å². The lowest BCUT2D eigenvalue weighted by Gasteiger charge is -2.14. The van der Waals surface area contributed by atoms with E-state index in [-0.39, 0.29) is 5.60 Å². The summed E-state index contributed by atoms with van der Waals surface area (Å²) in [6.07, 6.45) is 0.495. The minimum atomic E-state index is -2.31. The molecule has 9 heavy (non-hydrogen) atoms. The third-order valence-corrected chi connectivity index (χ3v) is 2.32. The first-order valence-electron chi connectivity index (χ1n) is 4.70. The van der Waals surface area contributed by atoms with Crippen molar-refractivity contribution in [3.05, 3.63) is 0 Å². The predicted octanol–water partition coefficient (Wildman–Crippen LogP) is 0.689. The minimum Gasteiger partial charge on any atom is -0.387 e. The summed E-state index contributed by atoms with van der Waals surface area (Å²) in [5.74, 6) is 0. The third-order valence-electron chi connectivity index (χ3n) is 2.32. The van der Waals surface area contributed by atoms with Crippen LogP contribution in [0, 0.1) is 0 Å². The Labute approximate surface area is 59.0 Å². The third kappa shape index (κ3) is 0.578. The molecule has 1 aliphatic carbocycles. The van der Waals surface area contributed by atoms with Gasteiger partial charge in [0.05, 0.1) is 11.2 Å². The van der Waals surface area contributed by atoms with Crippen LogP contribution < -0.4 is 0 Å². The molecule has 0 radical (unpaired) electrons. The summed E-state index contributed by atoms with van der Waals surface area (Å²) in [7, 11) is 0. The highest BCUT2D eigenvalue weighted by Crippen LogP contribution is 2.54. The molecular formula is C7H12O2. The molecule has 1 saturated carbocycles. The molecular weight excluding hydrogens is 116 g/mol. The molecule has 52 valence electrons. The lowest BCUT2D eigenvalue weighted by molar-refractivity contribution is 0.0185. The molecule has 2 rings (SSSR count). The molecule has 0 amide bonds. The number of rotatable bonds is 0. The van der Waals surface area contributed by atoms with Crippen molar-refractivity contribution in [1.82, 2.24) is 0 Å². The Morgan fingerprint density at radius 1 is 1.78 bits per heavy atom. The molecule has 1 saturated heterocycles. The first kappa shape index (κ1) is 3.35. The van der Waals surface area contributed by atoms with Gasteiger partial charge in [-0.15, -0.1) is 0 Å². The van der Waals surface area contributed by atoms with E-state index in [0.717, 1.165) is 0 Å². The summed E-state index contributed by atoms with van der Waals surface area (Å²) >= 11 is 0. The van der Waals surface area contributed by atoms with Crippen molar-refractivity contribution in [3.63, 3.8) is 0 Å². The summed E-state index contributed by atoms with van der Waals surface area (Å²) in [5.41, 5.74) is -1.95. The van der Waals surface area contributed by atoms with Crippen LogP contribution in [0.3, 0.4) is 0 Å². The van der Waals surface area contributed by atoms with Crippen molar-refractivity contribution in [3.8, 4) is 0 Å². The Balaban J connectivity index is 2.25. The quantitative estimate of drug-likeness (QED) is 0.490. The average molecular weight is 131 g/mol. The smallest absolute Gasteiger partial charge is 0.115 e.